The SMILES string of the molecule is CCCCCCCC(=O)N(CC(=O)N1CCc2sccc2C1c1ccccc1C)CC(C)C. The first-order valence-corrected chi connectivity index (χ1v) is 13.5. The summed E-state index contributed by atoms with van der Waals surface area (Å²) in [5, 5.41) is 2.14. The van der Waals surface area contributed by atoms with Gasteiger partial charge in [0.15, 0.2) is 0 Å². The van der Waals surface area contributed by atoms with E-state index in [9.17, 15) is 9.59 Å². The molecule has 0 N–H and O–H groups in total. The Morgan fingerprint density at radius 3 is 2.58 bits per heavy atom. The lowest BCUT2D eigenvalue weighted by atomic mass is 9.90. The van der Waals surface area contributed by atoms with Crippen molar-refractivity contribution in [1.29, 1.82) is 0 Å². The molecule has 1 aliphatic heterocycles. The largest absolute Gasteiger partial charge is 0.333 e. The predicted octanol–water partition coefficient (Wildman–Crippen LogP) is 6.38. The molecule has 4 nitrogen and oxygen atoms in total. The standard InChI is InChI=1S/C28H40N2O2S/c1-5-6-7-8-9-14-26(31)29(19-21(2)3)20-27(32)30-17-15-25-24(16-18-33-25)28(30)23-13-11-10-12-22(23)4/h10-13,16,18,21,28H,5-9,14-15,17,19-20H2,1-4H3. The van der Waals surface area contributed by atoms with Crippen LogP contribution in [0.3, 0.4) is 0 Å². The van der Waals surface area contributed by atoms with E-state index in [0.29, 0.717) is 25.4 Å². The Bertz CT molecular complexity index is 920. The maximum atomic E-state index is 13.7. The highest BCUT2D eigenvalue weighted by Crippen LogP contribution is 2.39. The summed E-state index contributed by atoms with van der Waals surface area (Å²) in [5.74, 6) is 0.508. The second-order valence-electron chi connectivity index (χ2n) is 9.73. The number of nitrogens with zero attached hydrogens (tertiary/aromatic N) is 2. The van der Waals surface area contributed by atoms with Crippen molar-refractivity contribution < 1.29 is 9.59 Å². The van der Waals surface area contributed by atoms with E-state index in [1.165, 1.54) is 40.8 Å². The molecule has 1 aliphatic rings. The first-order chi connectivity index (χ1) is 15.9. The maximum Gasteiger partial charge on any atom is 0.242 e. The monoisotopic (exact) mass is 468 g/mol. The van der Waals surface area contributed by atoms with Crippen LogP contribution >= 0.6 is 11.3 Å². The lowest BCUT2D eigenvalue weighted by Gasteiger charge is -2.38. The molecule has 2 amide bonds. The summed E-state index contributed by atoms with van der Waals surface area (Å²) >= 11 is 1.78. The van der Waals surface area contributed by atoms with Gasteiger partial charge in [-0.3, -0.25) is 9.59 Å². The van der Waals surface area contributed by atoms with E-state index in [1.807, 2.05) is 15.9 Å². The smallest absolute Gasteiger partial charge is 0.242 e. The van der Waals surface area contributed by atoms with Gasteiger partial charge in [-0.15, -0.1) is 11.3 Å². The third-order valence-corrected chi connectivity index (χ3v) is 7.52. The van der Waals surface area contributed by atoms with Crippen LogP contribution in [0, 0.1) is 12.8 Å². The van der Waals surface area contributed by atoms with Crippen molar-refractivity contribution in [1.82, 2.24) is 9.80 Å². The Kier molecular flexibility index (Phi) is 9.54. The lowest BCUT2D eigenvalue weighted by Crippen LogP contribution is -2.47. The van der Waals surface area contributed by atoms with Crippen LogP contribution in [0.15, 0.2) is 35.7 Å². The van der Waals surface area contributed by atoms with Crippen molar-refractivity contribution in [2.24, 2.45) is 5.92 Å². The van der Waals surface area contributed by atoms with Crippen LogP contribution in [0.4, 0.5) is 0 Å². The summed E-state index contributed by atoms with van der Waals surface area (Å²) in [6.07, 6.45) is 7.03. The van der Waals surface area contributed by atoms with Crippen molar-refractivity contribution in [3.63, 3.8) is 0 Å². The topological polar surface area (TPSA) is 40.6 Å². The van der Waals surface area contributed by atoms with E-state index in [1.54, 1.807) is 11.3 Å². The Labute approximate surface area is 204 Å². The molecule has 1 atom stereocenters. The highest BCUT2D eigenvalue weighted by atomic mass is 32.1. The fourth-order valence-electron chi connectivity index (χ4n) is 4.80. The van der Waals surface area contributed by atoms with Gasteiger partial charge in [0.2, 0.25) is 11.8 Å². The van der Waals surface area contributed by atoms with Gasteiger partial charge >= 0.3 is 0 Å². The van der Waals surface area contributed by atoms with Gasteiger partial charge < -0.3 is 9.80 Å². The van der Waals surface area contributed by atoms with Crippen LogP contribution in [0.25, 0.3) is 0 Å². The number of carbonyl (C=O) groups is 2. The number of hydrogen-bond donors (Lipinski definition) is 0. The van der Waals surface area contributed by atoms with Gasteiger partial charge in [0.05, 0.1) is 12.6 Å². The van der Waals surface area contributed by atoms with Gasteiger partial charge in [-0.2, -0.15) is 0 Å². The second kappa shape index (κ2) is 12.4. The lowest BCUT2D eigenvalue weighted by molar-refractivity contribution is -0.142. The Balaban J connectivity index is 1.76. The van der Waals surface area contributed by atoms with E-state index < -0.39 is 0 Å². The molecular weight excluding hydrogens is 428 g/mol. The Hall–Kier alpha value is -2.14. The van der Waals surface area contributed by atoms with E-state index in [2.05, 4.69) is 57.3 Å². The molecule has 0 aliphatic carbocycles. The van der Waals surface area contributed by atoms with Crippen molar-refractivity contribution >= 4 is 23.2 Å². The average Bonchev–Trinajstić information content (AvgIpc) is 3.27. The molecule has 1 aromatic heterocycles. The van der Waals surface area contributed by atoms with Gasteiger partial charge in [0.1, 0.15) is 0 Å². The highest BCUT2D eigenvalue weighted by Gasteiger charge is 2.34. The maximum absolute atomic E-state index is 13.7. The molecule has 180 valence electrons. The zero-order valence-electron chi connectivity index (χ0n) is 20.8. The van der Waals surface area contributed by atoms with Crippen LogP contribution in [-0.2, 0) is 16.0 Å². The van der Waals surface area contributed by atoms with Crippen LogP contribution < -0.4 is 0 Å². The Morgan fingerprint density at radius 1 is 1.09 bits per heavy atom. The molecule has 0 bridgehead atoms. The highest BCUT2D eigenvalue weighted by molar-refractivity contribution is 7.10. The molecule has 0 fully saturated rings. The molecular formula is C28H40N2O2S. The number of carbonyl (C=O) groups excluding carboxylic acids is 2. The van der Waals surface area contributed by atoms with E-state index >= 15 is 0 Å². The fourth-order valence-corrected chi connectivity index (χ4v) is 5.71. The van der Waals surface area contributed by atoms with Crippen molar-refractivity contribution in [3.8, 4) is 0 Å². The molecule has 0 spiro atoms. The van der Waals surface area contributed by atoms with E-state index in [-0.39, 0.29) is 24.4 Å². The van der Waals surface area contributed by atoms with Crippen LogP contribution in [0.2, 0.25) is 0 Å². The third-order valence-electron chi connectivity index (χ3n) is 6.53. The number of hydrogen-bond acceptors (Lipinski definition) is 3. The van der Waals surface area contributed by atoms with Crippen LogP contribution in [-0.4, -0.2) is 41.2 Å². The molecule has 2 heterocycles. The first kappa shape index (κ1) is 25.5. The number of aryl methyl sites for hydroxylation is 1. The zero-order chi connectivity index (χ0) is 23.8. The summed E-state index contributed by atoms with van der Waals surface area (Å²) in [7, 11) is 0. The molecule has 3 rings (SSSR count). The quantitative estimate of drug-likeness (QED) is 0.359. The summed E-state index contributed by atoms with van der Waals surface area (Å²) in [4.78, 5) is 31.9. The number of fused-ring (bicyclic) bond motifs is 1. The average molecular weight is 469 g/mol. The fraction of sp³-hybridized carbons (Fsp3) is 0.571. The molecule has 0 radical (unpaired) electrons. The van der Waals surface area contributed by atoms with Gasteiger partial charge in [0, 0.05) is 24.4 Å². The number of unbranched alkanes of at least 4 members (excludes halogenated alkanes) is 4. The molecule has 1 unspecified atom stereocenters. The van der Waals surface area contributed by atoms with Gasteiger partial charge in [-0.25, -0.2) is 0 Å². The normalized spacial score (nSPS) is 15.5. The number of benzene rings is 1. The summed E-state index contributed by atoms with van der Waals surface area (Å²) in [6.45, 7) is 10.0. The van der Waals surface area contributed by atoms with Gasteiger partial charge in [-0.05, 0) is 53.8 Å². The summed E-state index contributed by atoms with van der Waals surface area (Å²) in [5.41, 5.74) is 3.62. The molecule has 1 aromatic carbocycles. The minimum Gasteiger partial charge on any atom is -0.333 e. The number of amides is 2. The molecule has 0 saturated heterocycles. The minimum absolute atomic E-state index is 0.0556. The second-order valence-corrected chi connectivity index (χ2v) is 10.7. The van der Waals surface area contributed by atoms with Crippen LogP contribution in [0.1, 0.15) is 86.9 Å². The first-order valence-electron chi connectivity index (χ1n) is 12.6. The number of thiophene rings is 1. The Morgan fingerprint density at radius 2 is 1.85 bits per heavy atom. The molecule has 2 aromatic rings. The van der Waals surface area contributed by atoms with E-state index in [4.69, 9.17) is 0 Å². The van der Waals surface area contributed by atoms with Crippen molar-refractivity contribution in [3.05, 3.63) is 57.3 Å². The molecule has 5 heteroatoms. The minimum atomic E-state index is -0.0706. The summed E-state index contributed by atoms with van der Waals surface area (Å²) < 4.78 is 0. The van der Waals surface area contributed by atoms with Gasteiger partial charge in [-0.1, -0.05) is 70.7 Å². The van der Waals surface area contributed by atoms with Crippen molar-refractivity contribution in [2.45, 2.75) is 78.7 Å². The number of rotatable bonds is 11. The summed E-state index contributed by atoms with van der Waals surface area (Å²) in [6, 6.07) is 10.5. The molecule has 33 heavy (non-hydrogen) atoms. The van der Waals surface area contributed by atoms with E-state index in [0.717, 1.165) is 19.3 Å². The van der Waals surface area contributed by atoms with Crippen LogP contribution in [0.5, 0.6) is 0 Å². The van der Waals surface area contributed by atoms with Crippen molar-refractivity contribution in [2.75, 3.05) is 19.6 Å². The molecule has 0 saturated carbocycles. The zero-order valence-corrected chi connectivity index (χ0v) is 21.6. The third kappa shape index (κ3) is 6.69. The predicted molar refractivity (Wildman–Crippen MR) is 138 cm³/mol. The van der Waals surface area contributed by atoms with Gasteiger partial charge in [0.25, 0.3) is 0 Å².